The van der Waals surface area contributed by atoms with Crippen molar-refractivity contribution in [2.24, 2.45) is 0 Å². The van der Waals surface area contributed by atoms with Crippen LogP contribution in [0.1, 0.15) is 49.7 Å². The number of hydrogen-bond donors (Lipinski definition) is 4. The molecule has 2 aliphatic rings. The topological polar surface area (TPSA) is 172 Å². The molecule has 0 spiro atoms. The van der Waals surface area contributed by atoms with Crippen LogP contribution >= 0.6 is 11.6 Å². The van der Waals surface area contributed by atoms with Gasteiger partial charge in [0.05, 0.1) is 55.4 Å². The molecule has 2 amide bonds. The van der Waals surface area contributed by atoms with Gasteiger partial charge >= 0.3 is 0 Å². The molecular formula is C30H37ClN8O5. The number of pyridine rings is 1. The molecule has 14 heteroatoms. The smallest absolute Gasteiger partial charge is 0.260 e. The molecule has 5 heterocycles. The Morgan fingerprint density at radius 2 is 1.98 bits per heavy atom. The number of methoxy groups -OCH3 is 1. The molecule has 0 bridgehead atoms. The number of carbonyl (C=O) groups is 2. The molecule has 0 unspecified atom stereocenters. The van der Waals surface area contributed by atoms with Crippen molar-refractivity contribution in [3.05, 3.63) is 56.2 Å². The number of nitrogens with two attached hydrogens (primary N) is 1. The van der Waals surface area contributed by atoms with Gasteiger partial charge in [0.15, 0.2) is 5.82 Å². The van der Waals surface area contributed by atoms with E-state index in [1.807, 2.05) is 13.8 Å². The van der Waals surface area contributed by atoms with Crippen LogP contribution in [0.15, 0.2) is 6.20 Å². The average molecular weight is 625 g/mol. The van der Waals surface area contributed by atoms with Crippen LogP contribution in [0.25, 0.3) is 11.6 Å². The Morgan fingerprint density at radius 3 is 2.68 bits per heavy atom. The van der Waals surface area contributed by atoms with E-state index in [-0.39, 0.29) is 47.4 Å². The lowest BCUT2D eigenvalue weighted by Gasteiger charge is -2.28. The van der Waals surface area contributed by atoms with E-state index < -0.39 is 6.10 Å². The standard InChI is InChI=1S/C30H37ClN8O5/c1-15-11-33-22(17(3)25(15)43-5)14-39-27-24(26(31)36-30(32)37-27)20(29(39)42)10-21-16(2)23(18(4)35-21)28(41)34-12-19(40)13-38-6-8-44-9-7-38/h10-11,19,35,40H,6-9,12-14H2,1-5H3,(H,34,41)(H2,32,36,37)/t19-/m0/s1. The fourth-order valence-electron chi connectivity index (χ4n) is 5.72. The number of aromatic nitrogens is 4. The molecule has 5 rings (SSSR count). The summed E-state index contributed by atoms with van der Waals surface area (Å²) in [5.41, 5.74) is 11.1. The second-order valence-electron chi connectivity index (χ2n) is 11.0. The van der Waals surface area contributed by atoms with Crippen molar-refractivity contribution in [3.8, 4) is 5.75 Å². The Morgan fingerprint density at radius 1 is 1.25 bits per heavy atom. The van der Waals surface area contributed by atoms with E-state index in [4.69, 9.17) is 26.8 Å². The van der Waals surface area contributed by atoms with E-state index in [0.29, 0.717) is 59.3 Å². The first-order valence-electron chi connectivity index (χ1n) is 14.3. The first-order valence-corrected chi connectivity index (χ1v) is 14.7. The predicted octanol–water partition coefficient (Wildman–Crippen LogP) is 2.19. The highest BCUT2D eigenvalue weighted by Gasteiger charge is 2.38. The van der Waals surface area contributed by atoms with Gasteiger partial charge in [-0.05, 0) is 39.3 Å². The minimum Gasteiger partial charge on any atom is -0.496 e. The molecule has 3 aromatic rings. The summed E-state index contributed by atoms with van der Waals surface area (Å²) in [6.07, 6.45) is 2.62. The normalized spacial score (nSPS) is 16.8. The lowest BCUT2D eigenvalue weighted by molar-refractivity contribution is -0.113. The quantitative estimate of drug-likeness (QED) is 0.204. The lowest BCUT2D eigenvalue weighted by atomic mass is 10.1. The number of hydrogen-bond acceptors (Lipinski definition) is 10. The molecule has 1 atom stereocenters. The Kier molecular flexibility index (Phi) is 9.20. The number of aliphatic hydroxyl groups is 1. The number of nitrogens with zero attached hydrogens (tertiary/aromatic N) is 5. The fourth-order valence-corrected chi connectivity index (χ4v) is 6.00. The van der Waals surface area contributed by atoms with Gasteiger partial charge in [0.2, 0.25) is 5.95 Å². The van der Waals surface area contributed by atoms with Crippen LogP contribution in [-0.2, 0) is 16.1 Å². The summed E-state index contributed by atoms with van der Waals surface area (Å²) < 4.78 is 10.9. The molecule has 2 aliphatic heterocycles. The Bertz CT molecular complexity index is 1630. The van der Waals surface area contributed by atoms with Crippen molar-refractivity contribution in [1.29, 1.82) is 0 Å². The number of anilines is 2. The number of morpholine rings is 1. The van der Waals surface area contributed by atoms with Gasteiger partial charge in [-0.25, -0.2) is 4.98 Å². The number of aryl methyl sites for hydroxylation is 2. The van der Waals surface area contributed by atoms with E-state index in [9.17, 15) is 14.7 Å². The monoisotopic (exact) mass is 624 g/mol. The van der Waals surface area contributed by atoms with Crippen LogP contribution in [0.2, 0.25) is 5.15 Å². The second-order valence-corrected chi connectivity index (χ2v) is 11.4. The molecule has 13 nitrogen and oxygen atoms in total. The van der Waals surface area contributed by atoms with Crippen LogP contribution in [0.5, 0.6) is 5.75 Å². The highest BCUT2D eigenvalue weighted by atomic mass is 35.5. The van der Waals surface area contributed by atoms with Crippen molar-refractivity contribution in [2.45, 2.75) is 40.3 Å². The van der Waals surface area contributed by atoms with Crippen molar-refractivity contribution in [2.75, 3.05) is 57.1 Å². The Labute approximate surface area is 260 Å². The van der Waals surface area contributed by atoms with Crippen molar-refractivity contribution in [3.63, 3.8) is 0 Å². The van der Waals surface area contributed by atoms with E-state index in [0.717, 1.165) is 24.2 Å². The number of rotatable bonds is 9. The molecule has 0 saturated carbocycles. The predicted molar refractivity (Wildman–Crippen MR) is 167 cm³/mol. The van der Waals surface area contributed by atoms with E-state index >= 15 is 0 Å². The van der Waals surface area contributed by atoms with Gasteiger partial charge < -0.3 is 30.6 Å². The molecular weight excluding hydrogens is 588 g/mol. The number of amides is 2. The largest absolute Gasteiger partial charge is 0.496 e. The number of β-amino-alcohol motifs (C(OH)–C–C–N with tert-alkyl or cyclic N) is 1. The van der Waals surface area contributed by atoms with Crippen LogP contribution in [0, 0.1) is 27.7 Å². The van der Waals surface area contributed by atoms with Crippen molar-refractivity contribution in [1.82, 2.24) is 30.2 Å². The number of nitrogen functional groups attached to an aromatic ring is 1. The number of aliphatic hydroxyl groups excluding tert-OH is 1. The number of halogens is 1. The number of carbonyl (C=O) groups excluding carboxylic acids is 2. The molecule has 1 fully saturated rings. The zero-order chi connectivity index (χ0) is 31.7. The zero-order valence-corrected chi connectivity index (χ0v) is 26.2. The maximum atomic E-state index is 13.9. The third-order valence-corrected chi connectivity index (χ3v) is 8.26. The highest BCUT2D eigenvalue weighted by molar-refractivity contribution is 6.41. The lowest BCUT2D eigenvalue weighted by Crippen LogP contribution is -2.44. The van der Waals surface area contributed by atoms with Gasteiger partial charge in [0.1, 0.15) is 10.9 Å². The fraction of sp³-hybridized carbons (Fsp3) is 0.433. The molecule has 234 valence electrons. The summed E-state index contributed by atoms with van der Waals surface area (Å²) in [5.74, 6) is 0.195. The third kappa shape index (κ3) is 6.13. The summed E-state index contributed by atoms with van der Waals surface area (Å²) in [4.78, 5) is 46.9. The molecule has 3 aromatic heterocycles. The number of ether oxygens (including phenoxy) is 2. The van der Waals surface area contributed by atoms with Gasteiger partial charge in [-0.2, -0.15) is 4.98 Å². The number of aromatic amines is 1. The summed E-state index contributed by atoms with van der Waals surface area (Å²) in [5, 5.41) is 13.4. The van der Waals surface area contributed by atoms with E-state index in [1.54, 1.807) is 33.2 Å². The molecule has 44 heavy (non-hydrogen) atoms. The highest BCUT2D eigenvalue weighted by Crippen LogP contribution is 2.42. The molecule has 0 aliphatic carbocycles. The van der Waals surface area contributed by atoms with Gasteiger partial charge in [-0.15, -0.1) is 0 Å². The van der Waals surface area contributed by atoms with E-state index in [2.05, 4.69) is 30.2 Å². The third-order valence-electron chi connectivity index (χ3n) is 7.98. The maximum absolute atomic E-state index is 13.9. The van der Waals surface area contributed by atoms with Gasteiger partial charge in [0.25, 0.3) is 11.8 Å². The van der Waals surface area contributed by atoms with Crippen LogP contribution in [0.3, 0.4) is 0 Å². The summed E-state index contributed by atoms with van der Waals surface area (Å²) in [6, 6.07) is 0. The first-order chi connectivity index (χ1) is 21.0. The number of nitrogens with one attached hydrogen (secondary N) is 2. The second kappa shape index (κ2) is 12.9. The molecule has 1 saturated heterocycles. The average Bonchev–Trinajstić information content (AvgIpc) is 3.41. The van der Waals surface area contributed by atoms with Crippen LogP contribution in [-0.4, -0.2) is 94.4 Å². The number of H-pyrrole nitrogens is 1. The Hall–Kier alpha value is -4.04. The zero-order valence-electron chi connectivity index (χ0n) is 25.5. The van der Waals surface area contributed by atoms with Crippen LogP contribution in [0.4, 0.5) is 11.8 Å². The van der Waals surface area contributed by atoms with Gasteiger partial charge in [0, 0.05) is 54.9 Å². The van der Waals surface area contributed by atoms with Crippen molar-refractivity contribution >= 4 is 46.8 Å². The molecule has 0 aromatic carbocycles. The minimum atomic E-state index is -0.724. The minimum absolute atomic E-state index is 0.0360. The first kappa shape index (κ1) is 31.4. The SMILES string of the molecule is COc1c(C)cnc(CN2C(=O)C(=Cc3[nH]c(C)c(C(=O)NC[C@H](O)CN4CCOCC4)c3C)c3c(Cl)nc(N)nc32)c1C. The maximum Gasteiger partial charge on any atom is 0.260 e. The number of fused-ring (bicyclic) bond motifs is 1. The summed E-state index contributed by atoms with van der Waals surface area (Å²) >= 11 is 6.54. The van der Waals surface area contributed by atoms with Crippen LogP contribution < -0.4 is 20.7 Å². The summed E-state index contributed by atoms with van der Waals surface area (Å²) in [7, 11) is 1.59. The molecule has 5 N–H and O–H groups in total. The molecule has 0 radical (unpaired) electrons. The van der Waals surface area contributed by atoms with E-state index in [1.165, 1.54) is 4.90 Å². The van der Waals surface area contributed by atoms with Gasteiger partial charge in [-0.3, -0.25) is 24.4 Å². The van der Waals surface area contributed by atoms with Gasteiger partial charge in [-0.1, -0.05) is 11.6 Å². The summed E-state index contributed by atoms with van der Waals surface area (Å²) in [6.45, 7) is 10.7. The Balaban J connectivity index is 1.42. The van der Waals surface area contributed by atoms with Crippen molar-refractivity contribution < 1.29 is 24.2 Å².